The van der Waals surface area contributed by atoms with Gasteiger partial charge < -0.3 is 10.1 Å². The average Bonchev–Trinajstić information content (AvgIpc) is 2.89. The van der Waals surface area contributed by atoms with Crippen LogP contribution in [0.5, 0.6) is 0 Å². The number of ether oxygens (including phenoxy) is 1. The Hall–Kier alpha value is -1.47. The van der Waals surface area contributed by atoms with Gasteiger partial charge in [0.25, 0.3) is 0 Å². The van der Waals surface area contributed by atoms with Gasteiger partial charge in [-0.1, -0.05) is 6.07 Å². The van der Waals surface area contributed by atoms with Crippen molar-refractivity contribution in [2.24, 2.45) is 0 Å². The second kappa shape index (κ2) is 7.69. The van der Waals surface area contributed by atoms with Crippen LogP contribution in [0.1, 0.15) is 25.0 Å². The van der Waals surface area contributed by atoms with Crippen molar-refractivity contribution >= 4 is 23.5 Å². The molecule has 1 fully saturated rings. The molecule has 0 bridgehead atoms. The zero-order valence-electron chi connectivity index (χ0n) is 12.1. The smallest absolute Gasteiger partial charge is 0.230 e. The molecular formula is C15H17F2NO3S. The molecule has 0 aromatic heterocycles. The van der Waals surface area contributed by atoms with E-state index in [9.17, 15) is 18.4 Å². The lowest BCUT2D eigenvalue weighted by Crippen LogP contribution is -2.38. The van der Waals surface area contributed by atoms with Crippen LogP contribution in [0.15, 0.2) is 18.2 Å². The number of benzene rings is 1. The van der Waals surface area contributed by atoms with Gasteiger partial charge in [0.05, 0.1) is 17.5 Å². The largest absolute Gasteiger partial charge is 0.371 e. The highest BCUT2D eigenvalue weighted by Gasteiger charge is 2.31. The van der Waals surface area contributed by atoms with Gasteiger partial charge in [0.2, 0.25) is 5.91 Å². The van der Waals surface area contributed by atoms with Crippen LogP contribution in [0.4, 0.5) is 8.78 Å². The van der Waals surface area contributed by atoms with Crippen molar-refractivity contribution in [3.8, 4) is 0 Å². The molecule has 0 aliphatic carbocycles. The summed E-state index contributed by atoms with van der Waals surface area (Å²) in [5.74, 6) is -1.56. The lowest BCUT2D eigenvalue weighted by atomic mass is 10.0. The molecule has 1 heterocycles. The standard InChI is InChI=1S/C15H17F2NO3S/c1-9(19)7-22-8-14(20)18-13-4-5-21-15(13)10-2-3-11(16)12(17)6-10/h2-3,6,13,15H,4-5,7-8H2,1H3,(H,18,20)/t13-,15+/m1/s1. The fourth-order valence-corrected chi connectivity index (χ4v) is 2.95. The van der Waals surface area contributed by atoms with Crippen LogP contribution >= 0.6 is 11.8 Å². The predicted octanol–water partition coefficient (Wildman–Crippen LogP) is 2.23. The van der Waals surface area contributed by atoms with Crippen molar-refractivity contribution in [2.75, 3.05) is 18.1 Å². The molecule has 2 atom stereocenters. The first-order valence-electron chi connectivity index (χ1n) is 6.90. The van der Waals surface area contributed by atoms with E-state index in [1.54, 1.807) is 0 Å². The summed E-state index contributed by atoms with van der Waals surface area (Å²) in [5, 5.41) is 2.82. The summed E-state index contributed by atoms with van der Waals surface area (Å²) in [4.78, 5) is 22.7. The van der Waals surface area contributed by atoms with E-state index in [1.165, 1.54) is 24.8 Å². The highest BCUT2D eigenvalue weighted by molar-refractivity contribution is 8.00. The van der Waals surface area contributed by atoms with Gasteiger partial charge in [-0.05, 0) is 31.0 Å². The maximum atomic E-state index is 13.3. The average molecular weight is 329 g/mol. The van der Waals surface area contributed by atoms with Gasteiger partial charge >= 0.3 is 0 Å². The number of carbonyl (C=O) groups excluding carboxylic acids is 2. The van der Waals surface area contributed by atoms with E-state index in [0.717, 1.165) is 12.1 Å². The van der Waals surface area contributed by atoms with Gasteiger partial charge in [-0.2, -0.15) is 0 Å². The van der Waals surface area contributed by atoms with Crippen LogP contribution in [0.3, 0.4) is 0 Å². The van der Waals surface area contributed by atoms with Crippen molar-refractivity contribution in [2.45, 2.75) is 25.5 Å². The minimum Gasteiger partial charge on any atom is -0.371 e. The third-order valence-corrected chi connectivity index (χ3v) is 4.33. The molecule has 0 radical (unpaired) electrons. The van der Waals surface area contributed by atoms with Gasteiger partial charge in [0, 0.05) is 6.61 Å². The van der Waals surface area contributed by atoms with Gasteiger partial charge in [0.15, 0.2) is 11.6 Å². The summed E-state index contributed by atoms with van der Waals surface area (Å²) in [5.41, 5.74) is 0.498. The number of amides is 1. The number of nitrogens with one attached hydrogen (secondary N) is 1. The molecule has 1 saturated heterocycles. The SMILES string of the molecule is CC(=O)CSCC(=O)N[C@@H]1CCO[C@H]1c1ccc(F)c(F)c1. The number of hydrogen-bond acceptors (Lipinski definition) is 4. The molecule has 0 unspecified atom stereocenters. The van der Waals surface area contributed by atoms with Crippen LogP contribution in [0.2, 0.25) is 0 Å². The van der Waals surface area contributed by atoms with Crippen molar-refractivity contribution < 1.29 is 23.1 Å². The van der Waals surface area contributed by atoms with E-state index < -0.39 is 17.7 Å². The molecule has 1 aromatic carbocycles. The first kappa shape index (κ1) is 16.9. The Kier molecular flexibility index (Phi) is 5.90. The van der Waals surface area contributed by atoms with E-state index in [1.807, 2.05) is 0 Å². The Bertz CT molecular complexity index is 568. The number of hydrogen-bond donors (Lipinski definition) is 1. The molecule has 1 aromatic rings. The second-order valence-electron chi connectivity index (χ2n) is 5.12. The van der Waals surface area contributed by atoms with Crippen molar-refractivity contribution in [3.63, 3.8) is 0 Å². The van der Waals surface area contributed by atoms with Gasteiger partial charge in [0.1, 0.15) is 11.9 Å². The Morgan fingerprint density at radius 2 is 2.09 bits per heavy atom. The summed E-state index contributed by atoms with van der Waals surface area (Å²) in [7, 11) is 0. The monoisotopic (exact) mass is 329 g/mol. The number of carbonyl (C=O) groups is 2. The minimum atomic E-state index is -0.935. The van der Waals surface area contributed by atoms with E-state index in [4.69, 9.17) is 4.74 Å². The Labute approximate surface area is 131 Å². The summed E-state index contributed by atoms with van der Waals surface area (Å²) >= 11 is 1.24. The fourth-order valence-electron chi connectivity index (χ4n) is 2.29. The van der Waals surface area contributed by atoms with Crippen LogP contribution in [-0.4, -0.2) is 35.8 Å². The van der Waals surface area contributed by atoms with Crippen LogP contribution in [-0.2, 0) is 14.3 Å². The topological polar surface area (TPSA) is 55.4 Å². The highest BCUT2D eigenvalue weighted by Crippen LogP contribution is 2.30. The third-order valence-electron chi connectivity index (χ3n) is 3.25. The fraction of sp³-hybridized carbons (Fsp3) is 0.467. The van der Waals surface area contributed by atoms with E-state index >= 15 is 0 Å². The molecule has 120 valence electrons. The van der Waals surface area contributed by atoms with Crippen molar-refractivity contribution in [3.05, 3.63) is 35.4 Å². The van der Waals surface area contributed by atoms with Crippen molar-refractivity contribution in [1.29, 1.82) is 0 Å². The van der Waals surface area contributed by atoms with Gasteiger partial charge in [-0.25, -0.2) is 8.78 Å². The number of rotatable bonds is 6. The predicted molar refractivity (Wildman–Crippen MR) is 79.6 cm³/mol. The van der Waals surface area contributed by atoms with Crippen LogP contribution in [0, 0.1) is 11.6 Å². The zero-order valence-corrected chi connectivity index (χ0v) is 12.9. The van der Waals surface area contributed by atoms with E-state index in [2.05, 4.69) is 5.32 Å². The van der Waals surface area contributed by atoms with Gasteiger partial charge in [-0.3, -0.25) is 9.59 Å². The quantitative estimate of drug-likeness (QED) is 0.870. The van der Waals surface area contributed by atoms with E-state index in [0.29, 0.717) is 24.3 Å². The lowest BCUT2D eigenvalue weighted by Gasteiger charge is -2.20. The Balaban J connectivity index is 1.94. The highest BCUT2D eigenvalue weighted by atomic mass is 32.2. The molecular weight excluding hydrogens is 312 g/mol. The summed E-state index contributed by atoms with van der Waals surface area (Å²) in [6, 6.07) is 3.32. The molecule has 1 N–H and O–H groups in total. The normalized spacial score (nSPS) is 20.9. The number of Topliss-reactive ketones (excluding diaryl/α,β-unsaturated/α-hetero) is 1. The molecule has 1 amide bonds. The number of thioether (sulfide) groups is 1. The number of halogens is 2. The van der Waals surface area contributed by atoms with Gasteiger partial charge in [-0.15, -0.1) is 11.8 Å². The summed E-state index contributed by atoms with van der Waals surface area (Å²) in [6.07, 6.45) is 0.115. The third kappa shape index (κ3) is 4.51. The minimum absolute atomic E-state index is 0.0154. The maximum absolute atomic E-state index is 13.3. The molecule has 4 nitrogen and oxygen atoms in total. The molecule has 2 rings (SSSR count). The second-order valence-corrected chi connectivity index (χ2v) is 6.11. The zero-order chi connectivity index (χ0) is 16.1. The molecule has 0 spiro atoms. The molecule has 22 heavy (non-hydrogen) atoms. The van der Waals surface area contributed by atoms with E-state index in [-0.39, 0.29) is 23.5 Å². The Morgan fingerprint density at radius 1 is 1.32 bits per heavy atom. The maximum Gasteiger partial charge on any atom is 0.230 e. The molecule has 7 heteroatoms. The lowest BCUT2D eigenvalue weighted by molar-refractivity contribution is -0.119. The first-order chi connectivity index (χ1) is 10.5. The van der Waals surface area contributed by atoms with Crippen LogP contribution < -0.4 is 5.32 Å². The molecule has 1 aliphatic heterocycles. The first-order valence-corrected chi connectivity index (χ1v) is 8.06. The number of ketones is 1. The molecule has 0 saturated carbocycles. The molecule has 1 aliphatic rings. The van der Waals surface area contributed by atoms with Crippen LogP contribution in [0.25, 0.3) is 0 Å². The Morgan fingerprint density at radius 3 is 2.77 bits per heavy atom. The summed E-state index contributed by atoms with van der Waals surface area (Å²) in [6.45, 7) is 1.91. The van der Waals surface area contributed by atoms with Crippen molar-refractivity contribution in [1.82, 2.24) is 5.32 Å². The summed E-state index contributed by atoms with van der Waals surface area (Å²) < 4.78 is 31.8.